The number of rotatable bonds is 4. The third-order valence-corrected chi connectivity index (χ3v) is 5.02. The predicted molar refractivity (Wildman–Crippen MR) is 85.7 cm³/mol. The highest BCUT2D eigenvalue weighted by atomic mass is 32.1. The van der Waals surface area contributed by atoms with E-state index in [0.717, 1.165) is 36.6 Å². The number of piperidine rings is 1. The number of carbonyl (C=O) groups is 1. The highest BCUT2D eigenvalue weighted by Crippen LogP contribution is 2.28. The molecular formula is C15H21N5OS. The average molecular weight is 319 g/mol. The van der Waals surface area contributed by atoms with Crippen molar-refractivity contribution in [2.24, 2.45) is 0 Å². The number of hydrogen-bond acceptors (Lipinski definition) is 5. The zero-order chi connectivity index (χ0) is 15.6. The van der Waals surface area contributed by atoms with Crippen LogP contribution < -0.4 is 10.6 Å². The molecule has 2 N–H and O–H groups in total. The molecule has 1 aliphatic rings. The number of carbonyl (C=O) groups excluding carboxylic acids is 1. The van der Waals surface area contributed by atoms with E-state index in [2.05, 4.69) is 20.7 Å². The van der Waals surface area contributed by atoms with Crippen LogP contribution >= 0.6 is 11.3 Å². The zero-order valence-electron chi connectivity index (χ0n) is 12.9. The zero-order valence-corrected chi connectivity index (χ0v) is 13.7. The number of hydrogen-bond donors (Lipinski definition) is 2. The quantitative estimate of drug-likeness (QED) is 0.898. The second-order valence-electron chi connectivity index (χ2n) is 5.72. The maximum absolute atomic E-state index is 13.0. The molecule has 1 unspecified atom stereocenters. The molecule has 1 atom stereocenters. The predicted octanol–water partition coefficient (Wildman–Crippen LogP) is 1.60. The van der Waals surface area contributed by atoms with Gasteiger partial charge in [0, 0.05) is 17.8 Å². The molecular weight excluding hydrogens is 298 g/mol. The molecule has 2 aromatic rings. The van der Waals surface area contributed by atoms with Crippen LogP contribution in [0.15, 0.2) is 23.8 Å². The van der Waals surface area contributed by atoms with E-state index in [0.29, 0.717) is 0 Å². The first-order valence-electron chi connectivity index (χ1n) is 7.56. The maximum Gasteiger partial charge on any atom is 0.248 e. The smallest absolute Gasteiger partial charge is 0.248 e. The van der Waals surface area contributed by atoms with Gasteiger partial charge in [-0.2, -0.15) is 5.10 Å². The van der Waals surface area contributed by atoms with Crippen LogP contribution in [-0.4, -0.2) is 33.8 Å². The maximum atomic E-state index is 13.0. The van der Waals surface area contributed by atoms with Crippen molar-refractivity contribution < 1.29 is 4.79 Å². The van der Waals surface area contributed by atoms with E-state index in [9.17, 15) is 4.79 Å². The Morgan fingerprint density at radius 3 is 2.86 bits per heavy atom. The third kappa shape index (κ3) is 2.78. The number of aryl methyl sites for hydroxylation is 1. The molecule has 118 valence electrons. The number of amides is 1. The van der Waals surface area contributed by atoms with Gasteiger partial charge in [0.2, 0.25) is 5.91 Å². The topological polar surface area (TPSA) is 71.8 Å². The van der Waals surface area contributed by atoms with Gasteiger partial charge in [-0.3, -0.25) is 9.48 Å². The Hall–Kier alpha value is -1.73. The summed E-state index contributed by atoms with van der Waals surface area (Å²) in [7, 11) is 0. The summed E-state index contributed by atoms with van der Waals surface area (Å²) < 4.78 is 1.81. The van der Waals surface area contributed by atoms with Crippen molar-refractivity contribution in [1.82, 2.24) is 25.4 Å². The molecule has 1 saturated heterocycles. The lowest BCUT2D eigenvalue weighted by atomic mass is 9.87. The van der Waals surface area contributed by atoms with E-state index in [-0.39, 0.29) is 11.9 Å². The van der Waals surface area contributed by atoms with Crippen molar-refractivity contribution in [2.75, 3.05) is 13.1 Å². The Labute approximate surface area is 133 Å². The lowest BCUT2D eigenvalue weighted by molar-refractivity contribution is -0.132. The molecule has 1 fully saturated rings. The van der Waals surface area contributed by atoms with Crippen molar-refractivity contribution >= 4 is 17.2 Å². The van der Waals surface area contributed by atoms with E-state index in [1.807, 2.05) is 36.2 Å². The first kappa shape index (κ1) is 15.2. The summed E-state index contributed by atoms with van der Waals surface area (Å²) in [6.07, 6.45) is 5.08. The fourth-order valence-electron chi connectivity index (χ4n) is 2.91. The Morgan fingerprint density at radius 2 is 2.27 bits per heavy atom. The second kappa shape index (κ2) is 6.18. The molecule has 2 aromatic heterocycles. The van der Waals surface area contributed by atoms with E-state index < -0.39 is 5.54 Å². The van der Waals surface area contributed by atoms with Crippen LogP contribution in [0.4, 0.5) is 0 Å². The van der Waals surface area contributed by atoms with E-state index in [4.69, 9.17) is 0 Å². The lowest BCUT2D eigenvalue weighted by Crippen LogP contribution is -2.55. The van der Waals surface area contributed by atoms with Crippen molar-refractivity contribution in [3.8, 4) is 0 Å². The summed E-state index contributed by atoms with van der Waals surface area (Å²) in [6, 6.07) is 1.77. The van der Waals surface area contributed by atoms with Gasteiger partial charge >= 0.3 is 0 Å². The third-order valence-electron chi connectivity index (χ3n) is 4.22. The highest BCUT2D eigenvalue weighted by molar-refractivity contribution is 7.09. The second-order valence-corrected chi connectivity index (χ2v) is 6.78. The Bertz CT molecular complexity index is 630. The van der Waals surface area contributed by atoms with Crippen molar-refractivity contribution in [2.45, 2.75) is 38.3 Å². The molecule has 0 spiro atoms. The number of nitrogens with zero attached hydrogens (tertiary/aromatic N) is 3. The number of aromatic nitrogens is 3. The molecule has 1 amide bonds. The van der Waals surface area contributed by atoms with Gasteiger partial charge in [-0.25, -0.2) is 4.98 Å². The molecule has 0 radical (unpaired) electrons. The van der Waals surface area contributed by atoms with Crippen LogP contribution in [-0.2, 0) is 10.3 Å². The molecule has 22 heavy (non-hydrogen) atoms. The van der Waals surface area contributed by atoms with Gasteiger partial charge < -0.3 is 10.6 Å². The van der Waals surface area contributed by atoms with Crippen molar-refractivity contribution in [3.05, 3.63) is 34.5 Å². The number of nitrogens with one attached hydrogen (secondary N) is 2. The van der Waals surface area contributed by atoms with Crippen LogP contribution in [0.3, 0.4) is 0 Å². The first-order chi connectivity index (χ1) is 10.6. The summed E-state index contributed by atoms with van der Waals surface area (Å²) in [4.78, 5) is 17.4. The highest BCUT2D eigenvalue weighted by Gasteiger charge is 2.42. The van der Waals surface area contributed by atoms with E-state index >= 15 is 0 Å². The van der Waals surface area contributed by atoms with Crippen LogP contribution in [0.25, 0.3) is 0 Å². The normalized spacial score (nSPS) is 18.8. The molecule has 1 aliphatic heterocycles. The number of thiazole rings is 1. The molecule has 0 bridgehead atoms. The van der Waals surface area contributed by atoms with Gasteiger partial charge in [0.05, 0.1) is 16.7 Å². The van der Waals surface area contributed by atoms with Gasteiger partial charge in [-0.1, -0.05) is 0 Å². The van der Waals surface area contributed by atoms with Crippen molar-refractivity contribution in [3.63, 3.8) is 0 Å². The summed E-state index contributed by atoms with van der Waals surface area (Å²) in [5.41, 5.74) is 0.314. The fraction of sp³-hybridized carbons (Fsp3) is 0.533. The Kier molecular flexibility index (Phi) is 4.26. The minimum atomic E-state index is -0.603. The lowest BCUT2D eigenvalue weighted by Gasteiger charge is -2.37. The monoisotopic (exact) mass is 319 g/mol. The SMILES string of the molecule is Cc1nc(C(C)NC(=O)C2(n3cccn3)CCNCC2)cs1. The molecule has 7 heteroatoms. The Morgan fingerprint density at radius 1 is 1.50 bits per heavy atom. The first-order valence-corrected chi connectivity index (χ1v) is 8.44. The summed E-state index contributed by atoms with van der Waals surface area (Å²) >= 11 is 1.60. The van der Waals surface area contributed by atoms with Gasteiger partial charge in [0.25, 0.3) is 0 Å². The van der Waals surface area contributed by atoms with E-state index in [1.54, 1.807) is 17.5 Å². The van der Waals surface area contributed by atoms with Crippen LogP contribution in [0, 0.1) is 6.92 Å². The summed E-state index contributed by atoms with van der Waals surface area (Å²) in [5.74, 6) is 0.0239. The minimum absolute atomic E-state index is 0.0239. The fourth-order valence-corrected chi connectivity index (χ4v) is 3.61. The largest absolute Gasteiger partial charge is 0.346 e. The molecule has 3 heterocycles. The van der Waals surface area contributed by atoms with Gasteiger partial charge in [-0.15, -0.1) is 11.3 Å². The van der Waals surface area contributed by atoms with Gasteiger partial charge in [-0.05, 0) is 45.8 Å². The van der Waals surface area contributed by atoms with Crippen LogP contribution in [0.5, 0.6) is 0 Å². The summed E-state index contributed by atoms with van der Waals surface area (Å²) in [5, 5.41) is 13.8. The van der Waals surface area contributed by atoms with Crippen LogP contribution in [0.2, 0.25) is 0 Å². The van der Waals surface area contributed by atoms with Gasteiger partial charge in [0.1, 0.15) is 5.54 Å². The molecule has 6 nitrogen and oxygen atoms in total. The molecule has 0 aromatic carbocycles. The molecule has 0 saturated carbocycles. The van der Waals surface area contributed by atoms with Crippen LogP contribution in [0.1, 0.15) is 36.5 Å². The standard InChI is InChI=1S/C15H21N5OS/c1-11(13-10-22-12(2)19-13)18-14(21)15(4-7-16-8-5-15)20-9-3-6-17-20/h3,6,9-11,16H,4-5,7-8H2,1-2H3,(H,18,21). The summed E-state index contributed by atoms with van der Waals surface area (Å²) in [6.45, 7) is 5.58. The van der Waals surface area contributed by atoms with Gasteiger partial charge in [0.15, 0.2) is 0 Å². The minimum Gasteiger partial charge on any atom is -0.346 e. The average Bonchev–Trinajstić information content (AvgIpc) is 3.19. The molecule has 0 aliphatic carbocycles. The van der Waals surface area contributed by atoms with E-state index in [1.165, 1.54) is 0 Å². The Balaban J connectivity index is 1.81. The van der Waals surface area contributed by atoms with Crippen molar-refractivity contribution in [1.29, 1.82) is 0 Å². The molecule has 3 rings (SSSR count).